The molecule has 582 valence electrons. The fourth-order valence-electron chi connectivity index (χ4n) is 13.4. The third kappa shape index (κ3) is 29.8. The molecule has 0 aromatic rings. The summed E-state index contributed by atoms with van der Waals surface area (Å²) in [6.07, 6.45) is 7.96. The Morgan fingerprint density at radius 3 is 1.94 bits per heavy atom. The van der Waals surface area contributed by atoms with Gasteiger partial charge in [-0.2, -0.15) is 0 Å². The molecule has 2 heterocycles. The van der Waals surface area contributed by atoms with Crippen LogP contribution in [0, 0.1) is 64.1 Å². The van der Waals surface area contributed by atoms with Crippen molar-refractivity contribution in [1.82, 2.24) is 16.0 Å². The van der Waals surface area contributed by atoms with Crippen LogP contribution in [0.2, 0.25) is 0 Å². The molecule has 2 bridgehead atoms. The molecule has 102 heavy (non-hydrogen) atoms. The zero-order valence-electron chi connectivity index (χ0n) is 64.5. The maximum absolute atomic E-state index is 14.3. The van der Waals surface area contributed by atoms with E-state index >= 15 is 0 Å². The number of aliphatic carboxylic acids is 1. The number of allylic oxidation sites excluding steroid dienone is 7. The van der Waals surface area contributed by atoms with Gasteiger partial charge in [0.2, 0.25) is 17.7 Å². The normalized spacial score (nSPS) is 29.2. The van der Waals surface area contributed by atoms with Gasteiger partial charge in [-0.25, -0.2) is 9.59 Å². The van der Waals surface area contributed by atoms with Crippen molar-refractivity contribution in [2.45, 2.75) is 293 Å². The summed E-state index contributed by atoms with van der Waals surface area (Å²) in [6.45, 7) is 32.5. The molecule has 23 heteroatoms. The molecule has 1 fully saturated rings. The second-order valence-electron chi connectivity index (χ2n) is 31.3. The fraction of sp³-hybridized carbons (Fsp3) is 0.722. The molecule has 2 aliphatic heterocycles. The highest BCUT2D eigenvalue weighted by molar-refractivity contribution is 5.94. The highest BCUT2D eigenvalue weighted by Gasteiger charge is 2.44. The number of methoxy groups -OCH3 is 1. The van der Waals surface area contributed by atoms with Crippen LogP contribution in [0.1, 0.15) is 189 Å². The molecule has 0 spiro atoms. The van der Waals surface area contributed by atoms with E-state index in [0.717, 1.165) is 12.5 Å². The lowest BCUT2D eigenvalue weighted by molar-refractivity contribution is -0.170. The van der Waals surface area contributed by atoms with E-state index in [1.165, 1.54) is 45.1 Å². The van der Waals surface area contributed by atoms with Crippen molar-refractivity contribution >= 4 is 35.4 Å². The first-order valence-electron chi connectivity index (χ1n) is 36.6. The molecule has 0 aliphatic carbocycles. The minimum atomic E-state index is -2.58. The van der Waals surface area contributed by atoms with Crippen LogP contribution in [0.15, 0.2) is 95.7 Å². The summed E-state index contributed by atoms with van der Waals surface area (Å²) in [6, 6.07) is -4.65. The molecular weight excluding hydrogens is 1310 g/mol. The lowest BCUT2D eigenvalue weighted by Crippen LogP contribution is -2.59. The van der Waals surface area contributed by atoms with Crippen molar-refractivity contribution in [3.8, 4) is 0 Å². The van der Waals surface area contributed by atoms with E-state index in [9.17, 15) is 84.9 Å². The summed E-state index contributed by atoms with van der Waals surface area (Å²) in [5, 5.41) is 133. The van der Waals surface area contributed by atoms with E-state index in [0.29, 0.717) is 42.4 Å². The third-order valence-corrected chi connectivity index (χ3v) is 20.4. The fourth-order valence-corrected chi connectivity index (χ4v) is 13.4. The minimum absolute atomic E-state index is 0.0378. The quantitative estimate of drug-likeness (QED) is 0.0241. The van der Waals surface area contributed by atoms with Crippen molar-refractivity contribution in [2.24, 2.45) is 64.1 Å². The molecule has 0 aromatic carbocycles. The van der Waals surface area contributed by atoms with Crippen molar-refractivity contribution in [2.75, 3.05) is 7.11 Å². The van der Waals surface area contributed by atoms with Gasteiger partial charge in [-0.3, -0.25) is 19.2 Å². The van der Waals surface area contributed by atoms with Gasteiger partial charge in [-0.05, 0) is 146 Å². The van der Waals surface area contributed by atoms with Crippen LogP contribution in [0.25, 0.3) is 0 Å². The number of esters is 1. The number of nitrogens with one attached hydrogen (secondary N) is 3. The smallest absolute Gasteiger partial charge is 0.335 e. The lowest BCUT2D eigenvalue weighted by atomic mass is 9.77. The van der Waals surface area contributed by atoms with E-state index in [-0.39, 0.29) is 67.5 Å². The number of aliphatic hydroxyl groups is 10. The lowest BCUT2D eigenvalue weighted by Gasteiger charge is -2.38. The van der Waals surface area contributed by atoms with Crippen molar-refractivity contribution in [3.05, 3.63) is 95.7 Å². The monoisotopic (exact) mass is 1440 g/mol. The highest BCUT2D eigenvalue weighted by Crippen LogP contribution is 2.35. The first-order valence-corrected chi connectivity index (χ1v) is 36.6. The second kappa shape index (κ2) is 43.8. The van der Waals surface area contributed by atoms with Crippen molar-refractivity contribution in [3.63, 3.8) is 0 Å². The molecule has 0 aromatic heterocycles. The Kier molecular flexibility index (Phi) is 39.7. The SMILES string of the molecule is COC1C=CC=CCCC=CC=CC(=O)N[C@@H](C(O)C(=O)O)C(=O)OC(C(NC(=O)C(C)C(O)CCC(C)C(O)/C(C)=C/C(C)(C)C(O)C(CC(C)C)NC(=O)/C=C/C(C)(C)C(=O)C(C)C(O)C(C)C)C(C)O)C(C)C(O)CC=C(C)C(O)C(C)C=C(C)C(O)C(C)C(O)CC2CC(C)CC1O2. The van der Waals surface area contributed by atoms with Crippen LogP contribution in [0.5, 0.6) is 0 Å². The summed E-state index contributed by atoms with van der Waals surface area (Å²) in [7, 11) is 1.60. The Hall–Kier alpha value is -5.54. The third-order valence-electron chi connectivity index (χ3n) is 20.4. The zero-order valence-corrected chi connectivity index (χ0v) is 64.5. The maximum Gasteiger partial charge on any atom is 0.335 e. The number of carbonyl (C=O) groups is 6. The molecule has 14 N–H and O–H groups in total. The van der Waals surface area contributed by atoms with Crippen LogP contribution in [-0.2, 0) is 43.0 Å². The van der Waals surface area contributed by atoms with Gasteiger partial charge in [0.05, 0.1) is 85.1 Å². The van der Waals surface area contributed by atoms with Gasteiger partial charge < -0.3 is 86.3 Å². The van der Waals surface area contributed by atoms with Crippen molar-refractivity contribution in [1.29, 1.82) is 0 Å². The first kappa shape index (κ1) is 92.5. The van der Waals surface area contributed by atoms with Gasteiger partial charge >= 0.3 is 11.9 Å². The van der Waals surface area contributed by atoms with Gasteiger partial charge in [0.15, 0.2) is 12.1 Å². The summed E-state index contributed by atoms with van der Waals surface area (Å²) < 4.78 is 18.2. The number of carbonyl (C=O) groups excluding carboxylic acids is 5. The summed E-state index contributed by atoms with van der Waals surface area (Å²) >= 11 is 0. The van der Waals surface area contributed by atoms with Gasteiger partial charge in [0.1, 0.15) is 18.0 Å². The predicted molar refractivity (Wildman–Crippen MR) is 393 cm³/mol. The Labute approximate surface area is 607 Å². The molecule has 1 saturated heterocycles. The molecule has 0 saturated carbocycles. The van der Waals surface area contributed by atoms with Crippen LogP contribution in [-0.4, -0.2) is 202 Å². The number of Topliss-reactive ketones (excluding diaryl/α,β-unsaturated/α-hetero) is 1. The number of ether oxygens (including phenoxy) is 3. The number of ketones is 1. The average molecular weight is 1440 g/mol. The first-order chi connectivity index (χ1) is 47.3. The molecular formula is C79H131N3O20. The number of aliphatic hydroxyl groups excluding tert-OH is 10. The Morgan fingerprint density at radius 2 is 1.37 bits per heavy atom. The standard InChI is InChI=1S/C79H131N3O20/c1-43(2)37-57(80-64(88)35-36-78(16,17)73(94)54(14)67(89)44(3)4)74(95)79(18,19)42-50(10)69(91)47(7)32-34-59(85)53(13)75(96)82-65(55(15)83)72-52(12)58(84)33-31-46(6)68(90)48(8)40-49(9)70(92)51(11)60(86)41-56-38-45(5)39-62(101-56)61(100-20)29-27-25-23-21-22-24-26-28-30-63(87)81-66(77(99)102-72)71(93)76(97)98/h23-31,35-36,40,42-45,47-48,51-62,65-72,74,83-86,89-93,95H,21-22,32-34,37-39,41H2,1-20H3,(H,80,88)(H,81,87)(H,82,96)(H,97,98)/b25-23?,26-24?,29-27?,30-28?,36-35+,46-31?,49-40?,50-42+/t45?,47?,48?,51?,52?,53?,54?,55?,56?,57?,58?,59?,60?,61?,62?,65?,66-,67?,68?,69?,70?,71?,72?,74?/m0/s1. The van der Waals surface area contributed by atoms with E-state index in [1.807, 2.05) is 52.0 Å². The number of cyclic esters (lactones) is 1. The van der Waals surface area contributed by atoms with Crippen molar-refractivity contribution < 1.29 is 99.1 Å². The Balaban J connectivity index is 2.53. The Morgan fingerprint density at radius 1 is 0.765 bits per heavy atom. The topological polar surface area (TPSA) is 389 Å². The molecule has 2 aliphatic rings. The van der Waals surface area contributed by atoms with E-state index in [2.05, 4.69) is 22.9 Å². The van der Waals surface area contributed by atoms with Gasteiger partial charge in [-0.1, -0.05) is 157 Å². The number of hydrogen-bond acceptors (Lipinski definition) is 19. The van der Waals surface area contributed by atoms with Gasteiger partial charge in [0.25, 0.3) is 0 Å². The predicted octanol–water partition coefficient (Wildman–Crippen LogP) is 7.38. The zero-order chi connectivity index (χ0) is 78.0. The number of hydrogen-bond donors (Lipinski definition) is 14. The second-order valence-corrected chi connectivity index (χ2v) is 31.3. The maximum atomic E-state index is 14.3. The minimum Gasteiger partial charge on any atom is -0.479 e. The summed E-state index contributed by atoms with van der Waals surface area (Å²) in [5.41, 5.74) is -0.747. The molecule has 0 radical (unpaired) electrons. The van der Waals surface area contributed by atoms with E-state index < -0.39 is 161 Å². The van der Waals surface area contributed by atoms with Crippen LogP contribution < -0.4 is 16.0 Å². The number of fused-ring (bicyclic) bond motifs is 2. The van der Waals surface area contributed by atoms with Gasteiger partial charge in [0, 0.05) is 47.7 Å². The summed E-state index contributed by atoms with van der Waals surface area (Å²) in [4.78, 5) is 81.1. The van der Waals surface area contributed by atoms with E-state index in [4.69, 9.17) is 14.2 Å². The number of carboxylic acids is 1. The molecule has 23 nitrogen and oxygen atoms in total. The van der Waals surface area contributed by atoms with Gasteiger partial charge in [-0.15, -0.1) is 0 Å². The molecule has 23 unspecified atom stereocenters. The van der Waals surface area contributed by atoms with E-state index in [1.54, 1.807) is 108 Å². The molecule has 3 amide bonds. The summed E-state index contributed by atoms with van der Waals surface area (Å²) in [5.74, 6) is -10.8. The highest BCUT2D eigenvalue weighted by atomic mass is 16.6. The Bertz CT molecular complexity index is 2890. The van der Waals surface area contributed by atoms with Crippen LogP contribution >= 0.6 is 0 Å². The molecule has 2 rings (SSSR count). The van der Waals surface area contributed by atoms with Crippen LogP contribution in [0.4, 0.5) is 0 Å². The number of amides is 3. The largest absolute Gasteiger partial charge is 0.479 e. The number of rotatable bonds is 25. The van der Waals surface area contributed by atoms with Crippen LogP contribution in [0.3, 0.4) is 0 Å². The molecule has 24 atom stereocenters. The number of carboxylic acid groups (broad SMARTS) is 1. The average Bonchev–Trinajstić information content (AvgIpc) is 0.840.